The maximum atomic E-state index is 12.4. The van der Waals surface area contributed by atoms with Crippen LogP contribution in [0.2, 0.25) is 0 Å². The summed E-state index contributed by atoms with van der Waals surface area (Å²) in [6, 6.07) is 14.7. The smallest absolute Gasteiger partial charge is 0.255 e. The number of ether oxygens (including phenoxy) is 2. The second kappa shape index (κ2) is 9.72. The van der Waals surface area contributed by atoms with Gasteiger partial charge in [0.05, 0.1) is 12.7 Å². The zero-order chi connectivity index (χ0) is 18.1. The van der Waals surface area contributed by atoms with E-state index in [1.807, 2.05) is 43.3 Å². The van der Waals surface area contributed by atoms with Crippen molar-refractivity contribution < 1.29 is 14.3 Å². The Bertz CT molecular complexity index is 667. The SMILES string of the molecule is CCCCOc1cccc(NC(=O)c2ccc(OC(C)CC)cc2)c1. The molecule has 2 aromatic rings. The number of hydrogen-bond donors (Lipinski definition) is 1. The molecular weight excluding hydrogens is 314 g/mol. The standard InChI is InChI=1S/C21H27NO3/c1-4-6-14-24-20-9-7-8-18(15-20)22-21(23)17-10-12-19(13-11-17)25-16(3)5-2/h7-13,15-16H,4-6,14H2,1-3H3,(H,22,23). The molecule has 0 aliphatic carbocycles. The first kappa shape index (κ1) is 18.8. The molecule has 0 heterocycles. The summed E-state index contributed by atoms with van der Waals surface area (Å²) in [5, 5.41) is 2.90. The highest BCUT2D eigenvalue weighted by atomic mass is 16.5. The lowest BCUT2D eigenvalue weighted by Crippen LogP contribution is -2.13. The van der Waals surface area contributed by atoms with Crippen LogP contribution in [-0.4, -0.2) is 18.6 Å². The molecule has 0 spiro atoms. The number of amides is 1. The van der Waals surface area contributed by atoms with Gasteiger partial charge in [0, 0.05) is 17.3 Å². The van der Waals surface area contributed by atoms with Crippen molar-refractivity contribution in [1.82, 2.24) is 0 Å². The molecule has 1 unspecified atom stereocenters. The van der Waals surface area contributed by atoms with Crippen molar-refractivity contribution in [2.75, 3.05) is 11.9 Å². The summed E-state index contributed by atoms with van der Waals surface area (Å²) in [4.78, 5) is 12.4. The van der Waals surface area contributed by atoms with E-state index in [1.54, 1.807) is 12.1 Å². The maximum Gasteiger partial charge on any atom is 0.255 e. The Morgan fingerprint density at radius 2 is 1.84 bits per heavy atom. The molecule has 2 aromatic carbocycles. The van der Waals surface area contributed by atoms with Gasteiger partial charge in [0.15, 0.2) is 0 Å². The predicted octanol–water partition coefficient (Wildman–Crippen LogP) is 5.30. The van der Waals surface area contributed by atoms with Crippen molar-refractivity contribution >= 4 is 11.6 Å². The van der Waals surface area contributed by atoms with Crippen LogP contribution in [0, 0.1) is 0 Å². The Morgan fingerprint density at radius 3 is 2.52 bits per heavy atom. The molecule has 0 fully saturated rings. The zero-order valence-electron chi connectivity index (χ0n) is 15.2. The molecule has 0 saturated carbocycles. The van der Waals surface area contributed by atoms with Gasteiger partial charge in [0.2, 0.25) is 0 Å². The van der Waals surface area contributed by atoms with Gasteiger partial charge in [-0.3, -0.25) is 4.79 Å². The second-order valence-corrected chi connectivity index (χ2v) is 6.05. The fourth-order valence-corrected chi connectivity index (χ4v) is 2.20. The van der Waals surface area contributed by atoms with E-state index in [-0.39, 0.29) is 12.0 Å². The van der Waals surface area contributed by atoms with E-state index in [2.05, 4.69) is 19.2 Å². The summed E-state index contributed by atoms with van der Waals surface area (Å²) in [6.07, 6.45) is 3.21. The fraction of sp³-hybridized carbons (Fsp3) is 0.381. The van der Waals surface area contributed by atoms with E-state index in [0.29, 0.717) is 12.2 Å². The molecule has 0 aliphatic heterocycles. The molecule has 25 heavy (non-hydrogen) atoms. The molecule has 4 nitrogen and oxygen atoms in total. The maximum absolute atomic E-state index is 12.4. The van der Waals surface area contributed by atoms with E-state index in [4.69, 9.17) is 9.47 Å². The van der Waals surface area contributed by atoms with Crippen molar-refractivity contribution in [2.45, 2.75) is 46.1 Å². The lowest BCUT2D eigenvalue weighted by molar-refractivity contribution is 0.102. The summed E-state index contributed by atoms with van der Waals surface area (Å²) in [5.74, 6) is 1.39. The molecule has 0 saturated heterocycles. The van der Waals surface area contributed by atoms with Crippen molar-refractivity contribution in [2.24, 2.45) is 0 Å². The first-order valence-electron chi connectivity index (χ1n) is 8.93. The normalized spacial score (nSPS) is 11.6. The summed E-state index contributed by atoms with van der Waals surface area (Å²) < 4.78 is 11.4. The highest BCUT2D eigenvalue weighted by molar-refractivity contribution is 6.04. The molecule has 0 aromatic heterocycles. The Hall–Kier alpha value is -2.49. The van der Waals surface area contributed by atoms with Gasteiger partial charge in [-0.05, 0) is 56.2 Å². The number of unbranched alkanes of at least 4 members (excludes halogenated alkanes) is 1. The van der Waals surface area contributed by atoms with Gasteiger partial charge in [-0.1, -0.05) is 26.3 Å². The Kier molecular flexibility index (Phi) is 7.33. The monoisotopic (exact) mass is 341 g/mol. The number of carbonyl (C=O) groups is 1. The van der Waals surface area contributed by atoms with Gasteiger partial charge < -0.3 is 14.8 Å². The van der Waals surface area contributed by atoms with Crippen molar-refractivity contribution in [3.63, 3.8) is 0 Å². The van der Waals surface area contributed by atoms with E-state index in [1.165, 1.54) is 0 Å². The van der Waals surface area contributed by atoms with Gasteiger partial charge >= 0.3 is 0 Å². The third kappa shape index (κ3) is 6.14. The molecule has 0 bridgehead atoms. The third-order valence-corrected chi connectivity index (χ3v) is 3.89. The minimum atomic E-state index is -0.152. The molecular formula is C21H27NO3. The summed E-state index contributed by atoms with van der Waals surface area (Å²) in [7, 11) is 0. The van der Waals surface area contributed by atoms with Crippen molar-refractivity contribution in [3.05, 3.63) is 54.1 Å². The summed E-state index contributed by atoms with van der Waals surface area (Å²) in [6.45, 7) is 6.91. The van der Waals surface area contributed by atoms with E-state index in [0.717, 1.165) is 36.4 Å². The van der Waals surface area contributed by atoms with Gasteiger partial charge in [-0.2, -0.15) is 0 Å². The lowest BCUT2D eigenvalue weighted by Gasteiger charge is -2.13. The van der Waals surface area contributed by atoms with Crippen LogP contribution in [0.25, 0.3) is 0 Å². The summed E-state index contributed by atoms with van der Waals surface area (Å²) >= 11 is 0. The molecule has 134 valence electrons. The van der Waals surface area contributed by atoms with E-state index >= 15 is 0 Å². The molecule has 0 aliphatic rings. The topological polar surface area (TPSA) is 47.6 Å². The quantitative estimate of drug-likeness (QED) is 0.630. The third-order valence-electron chi connectivity index (χ3n) is 3.89. The van der Waals surface area contributed by atoms with Crippen LogP contribution in [0.15, 0.2) is 48.5 Å². The van der Waals surface area contributed by atoms with Crippen LogP contribution in [0.3, 0.4) is 0 Å². The highest BCUT2D eigenvalue weighted by Crippen LogP contribution is 2.20. The van der Waals surface area contributed by atoms with Crippen LogP contribution in [0.4, 0.5) is 5.69 Å². The first-order chi connectivity index (χ1) is 12.1. The number of nitrogens with one attached hydrogen (secondary N) is 1. The van der Waals surface area contributed by atoms with E-state index in [9.17, 15) is 4.79 Å². The Labute approximate surface area is 150 Å². The Balaban J connectivity index is 1.96. The fourth-order valence-electron chi connectivity index (χ4n) is 2.20. The minimum Gasteiger partial charge on any atom is -0.494 e. The number of rotatable bonds is 9. The van der Waals surface area contributed by atoms with Crippen LogP contribution < -0.4 is 14.8 Å². The number of carbonyl (C=O) groups excluding carboxylic acids is 1. The van der Waals surface area contributed by atoms with Gasteiger partial charge in [0.1, 0.15) is 11.5 Å². The average Bonchev–Trinajstić information content (AvgIpc) is 2.62. The largest absolute Gasteiger partial charge is 0.494 e. The molecule has 4 heteroatoms. The van der Waals surface area contributed by atoms with Gasteiger partial charge in [-0.15, -0.1) is 0 Å². The average molecular weight is 341 g/mol. The Morgan fingerprint density at radius 1 is 1.08 bits per heavy atom. The molecule has 0 radical (unpaired) electrons. The first-order valence-corrected chi connectivity index (χ1v) is 8.93. The van der Waals surface area contributed by atoms with Crippen LogP contribution in [-0.2, 0) is 0 Å². The van der Waals surface area contributed by atoms with Gasteiger partial charge in [0.25, 0.3) is 5.91 Å². The zero-order valence-corrected chi connectivity index (χ0v) is 15.2. The van der Waals surface area contributed by atoms with Crippen LogP contribution in [0.1, 0.15) is 50.4 Å². The number of hydrogen-bond acceptors (Lipinski definition) is 3. The molecule has 1 amide bonds. The van der Waals surface area contributed by atoms with E-state index < -0.39 is 0 Å². The lowest BCUT2D eigenvalue weighted by atomic mass is 10.2. The highest BCUT2D eigenvalue weighted by Gasteiger charge is 2.08. The molecule has 1 atom stereocenters. The van der Waals surface area contributed by atoms with Crippen molar-refractivity contribution in [1.29, 1.82) is 0 Å². The predicted molar refractivity (Wildman–Crippen MR) is 102 cm³/mol. The van der Waals surface area contributed by atoms with Gasteiger partial charge in [-0.25, -0.2) is 0 Å². The van der Waals surface area contributed by atoms with Crippen molar-refractivity contribution in [3.8, 4) is 11.5 Å². The summed E-state index contributed by atoms with van der Waals surface area (Å²) in [5.41, 5.74) is 1.31. The van der Waals surface area contributed by atoms with Crippen LogP contribution in [0.5, 0.6) is 11.5 Å². The van der Waals surface area contributed by atoms with Crippen LogP contribution >= 0.6 is 0 Å². The second-order valence-electron chi connectivity index (χ2n) is 6.05. The minimum absolute atomic E-state index is 0.152. The number of anilines is 1. The number of benzene rings is 2. The molecule has 2 rings (SSSR count). The molecule has 1 N–H and O–H groups in total.